The summed E-state index contributed by atoms with van der Waals surface area (Å²) in [6.07, 6.45) is 0.160. The summed E-state index contributed by atoms with van der Waals surface area (Å²) in [7, 11) is 2.12. The van der Waals surface area contributed by atoms with Crippen LogP contribution in [0.2, 0.25) is 0 Å². The maximum absolute atomic E-state index is 6.01. The van der Waals surface area contributed by atoms with E-state index in [0.717, 1.165) is 30.1 Å². The number of hydrogen-bond acceptors (Lipinski definition) is 3. The predicted molar refractivity (Wildman–Crippen MR) is 110 cm³/mol. The van der Waals surface area contributed by atoms with Gasteiger partial charge in [-0.1, -0.05) is 31.2 Å². The van der Waals surface area contributed by atoms with Crippen LogP contribution in [0.4, 0.5) is 5.69 Å². The number of nitrogens with zero attached hydrogens (tertiary/aromatic N) is 2. The van der Waals surface area contributed by atoms with Gasteiger partial charge in [0.2, 0.25) is 0 Å². The highest BCUT2D eigenvalue weighted by Crippen LogP contribution is 2.16. The standard InChI is InChI=1S/C21H30N4O/c1-5-25(4)15-18-8-6-7-17(13-18)14-23-21(22)24-19-9-11-20(12-10-19)26-16(2)3/h6-13,16H,5,14-15H2,1-4H3,(H3,22,23,24). The van der Waals surface area contributed by atoms with Gasteiger partial charge >= 0.3 is 0 Å². The van der Waals surface area contributed by atoms with Gasteiger partial charge in [0, 0.05) is 12.2 Å². The third-order valence-electron chi connectivity index (χ3n) is 3.91. The summed E-state index contributed by atoms with van der Waals surface area (Å²) in [5, 5.41) is 3.11. The predicted octanol–water partition coefficient (Wildman–Crippen LogP) is 3.85. The average molecular weight is 354 g/mol. The number of nitrogens with two attached hydrogens (primary N) is 1. The van der Waals surface area contributed by atoms with Gasteiger partial charge in [-0.25, -0.2) is 4.99 Å². The minimum Gasteiger partial charge on any atom is -0.491 e. The van der Waals surface area contributed by atoms with Crippen LogP contribution in [-0.2, 0) is 13.1 Å². The molecule has 0 aromatic heterocycles. The Morgan fingerprint density at radius 1 is 1.15 bits per heavy atom. The smallest absolute Gasteiger partial charge is 0.193 e. The second-order valence-corrected chi connectivity index (χ2v) is 6.67. The van der Waals surface area contributed by atoms with Gasteiger partial charge in [-0.15, -0.1) is 0 Å². The van der Waals surface area contributed by atoms with Gasteiger partial charge in [0.15, 0.2) is 5.96 Å². The molecule has 0 saturated carbocycles. The molecule has 0 heterocycles. The largest absolute Gasteiger partial charge is 0.491 e. The zero-order valence-electron chi connectivity index (χ0n) is 16.2. The lowest BCUT2D eigenvalue weighted by Crippen LogP contribution is -2.22. The Balaban J connectivity index is 1.92. The van der Waals surface area contributed by atoms with Crippen LogP contribution >= 0.6 is 0 Å². The molecule has 5 nitrogen and oxygen atoms in total. The number of aliphatic imine (C=N–C) groups is 1. The van der Waals surface area contributed by atoms with Gasteiger partial charge in [-0.3, -0.25) is 0 Å². The lowest BCUT2D eigenvalue weighted by molar-refractivity contribution is 0.242. The Morgan fingerprint density at radius 3 is 2.50 bits per heavy atom. The van der Waals surface area contributed by atoms with Crippen molar-refractivity contribution in [3.63, 3.8) is 0 Å². The van der Waals surface area contributed by atoms with E-state index >= 15 is 0 Å². The Bertz CT molecular complexity index is 710. The number of nitrogens with one attached hydrogen (secondary N) is 1. The van der Waals surface area contributed by atoms with E-state index in [2.05, 4.69) is 53.4 Å². The lowest BCUT2D eigenvalue weighted by atomic mass is 10.1. The summed E-state index contributed by atoms with van der Waals surface area (Å²) in [5.41, 5.74) is 9.34. The van der Waals surface area contributed by atoms with Crippen molar-refractivity contribution >= 4 is 11.6 Å². The van der Waals surface area contributed by atoms with Crippen LogP contribution in [0.5, 0.6) is 5.75 Å². The van der Waals surface area contributed by atoms with E-state index in [0.29, 0.717) is 12.5 Å². The first-order chi connectivity index (χ1) is 12.5. The van der Waals surface area contributed by atoms with Crippen molar-refractivity contribution in [2.24, 2.45) is 10.7 Å². The van der Waals surface area contributed by atoms with Crippen LogP contribution in [0, 0.1) is 0 Å². The Kier molecular flexibility index (Phi) is 7.48. The zero-order valence-corrected chi connectivity index (χ0v) is 16.2. The first kappa shape index (κ1) is 19.8. The van der Waals surface area contributed by atoms with Crippen LogP contribution in [0.15, 0.2) is 53.5 Å². The summed E-state index contributed by atoms with van der Waals surface area (Å²) < 4.78 is 5.63. The van der Waals surface area contributed by atoms with Crippen molar-refractivity contribution in [1.82, 2.24) is 4.90 Å². The second kappa shape index (κ2) is 9.82. The van der Waals surface area contributed by atoms with E-state index in [1.807, 2.05) is 38.1 Å². The molecule has 0 fully saturated rings. The molecule has 3 N–H and O–H groups in total. The lowest BCUT2D eigenvalue weighted by Gasteiger charge is -2.14. The summed E-state index contributed by atoms with van der Waals surface area (Å²) >= 11 is 0. The van der Waals surface area contributed by atoms with Crippen LogP contribution < -0.4 is 15.8 Å². The van der Waals surface area contributed by atoms with Crippen LogP contribution in [-0.4, -0.2) is 30.6 Å². The average Bonchev–Trinajstić information content (AvgIpc) is 2.61. The summed E-state index contributed by atoms with van der Waals surface area (Å²) in [4.78, 5) is 6.71. The van der Waals surface area contributed by atoms with Crippen molar-refractivity contribution in [3.05, 3.63) is 59.7 Å². The van der Waals surface area contributed by atoms with Gasteiger partial charge in [-0.05, 0) is 62.8 Å². The van der Waals surface area contributed by atoms with E-state index in [4.69, 9.17) is 10.5 Å². The van der Waals surface area contributed by atoms with Crippen molar-refractivity contribution in [2.45, 2.75) is 40.0 Å². The molecular weight excluding hydrogens is 324 g/mol. The van der Waals surface area contributed by atoms with E-state index in [1.54, 1.807) is 0 Å². The molecule has 0 saturated heterocycles. The van der Waals surface area contributed by atoms with Crippen LogP contribution in [0.1, 0.15) is 31.9 Å². The van der Waals surface area contributed by atoms with Gasteiger partial charge in [0.25, 0.3) is 0 Å². The number of guanidine groups is 1. The number of rotatable bonds is 8. The highest BCUT2D eigenvalue weighted by molar-refractivity contribution is 5.92. The van der Waals surface area contributed by atoms with Gasteiger partial charge < -0.3 is 20.7 Å². The monoisotopic (exact) mass is 354 g/mol. The minimum absolute atomic E-state index is 0.160. The molecule has 140 valence electrons. The van der Waals surface area contributed by atoms with E-state index in [-0.39, 0.29) is 6.10 Å². The van der Waals surface area contributed by atoms with Crippen molar-refractivity contribution < 1.29 is 4.74 Å². The third-order valence-corrected chi connectivity index (χ3v) is 3.91. The molecule has 0 aliphatic heterocycles. The van der Waals surface area contributed by atoms with Gasteiger partial charge in [0.1, 0.15) is 5.75 Å². The first-order valence-corrected chi connectivity index (χ1v) is 9.06. The highest BCUT2D eigenvalue weighted by atomic mass is 16.5. The zero-order chi connectivity index (χ0) is 18.9. The van der Waals surface area contributed by atoms with Gasteiger partial charge in [-0.2, -0.15) is 0 Å². The summed E-state index contributed by atoms with van der Waals surface area (Å²) in [6.45, 7) is 8.68. The second-order valence-electron chi connectivity index (χ2n) is 6.67. The molecule has 0 aliphatic rings. The van der Waals surface area contributed by atoms with Gasteiger partial charge in [0.05, 0.1) is 12.6 Å². The third kappa shape index (κ3) is 6.76. The molecule has 26 heavy (non-hydrogen) atoms. The van der Waals surface area contributed by atoms with E-state index < -0.39 is 0 Å². The Labute approximate surface area is 156 Å². The molecule has 0 atom stereocenters. The van der Waals surface area contributed by atoms with E-state index in [1.165, 1.54) is 5.56 Å². The number of benzene rings is 2. The van der Waals surface area contributed by atoms with Crippen molar-refractivity contribution in [2.75, 3.05) is 18.9 Å². The maximum Gasteiger partial charge on any atom is 0.193 e. The molecule has 0 aliphatic carbocycles. The molecule has 0 radical (unpaired) electrons. The molecule has 0 spiro atoms. The molecule has 5 heteroatoms. The number of ether oxygens (including phenoxy) is 1. The fourth-order valence-corrected chi connectivity index (χ4v) is 2.50. The first-order valence-electron chi connectivity index (χ1n) is 9.06. The maximum atomic E-state index is 6.01. The Morgan fingerprint density at radius 2 is 1.85 bits per heavy atom. The normalized spacial score (nSPS) is 11.8. The van der Waals surface area contributed by atoms with Crippen molar-refractivity contribution in [1.29, 1.82) is 0 Å². The van der Waals surface area contributed by atoms with Crippen LogP contribution in [0.25, 0.3) is 0 Å². The fourth-order valence-electron chi connectivity index (χ4n) is 2.50. The number of hydrogen-bond donors (Lipinski definition) is 2. The molecule has 2 aromatic carbocycles. The molecular formula is C21H30N4O. The van der Waals surface area contributed by atoms with Crippen molar-refractivity contribution in [3.8, 4) is 5.75 Å². The molecule has 0 amide bonds. The topological polar surface area (TPSA) is 62.9 Å². The van der Waals surface area contributed by atoms with Crippen LogP contribution in [0.3, 0.4) is 0 Å². The quantitative estimate of drug-likeness (QED) is 0.558. The molecule has 2 rings (SSSR count). The fraction of sp³-hybridized carbons (Fsp3) is 0.381. The molecule has 0 bridgehead atoms. The Hall–Kier alpha value is -2.53. The SMILES string of the molecule is CCN(C)Cc1cccc(CN=C(N)Nc2ccc(OC(C)C)cc2)c1. The summed E-state index contributed by atoms with van der Waals surface area (Å²) in [5.74, 6) is 1.24. The summed E-state index contributed by atoms with van der Waals surface area (Å²) in [6, 6.07) is 16.2. The minimum atomic E-state index is 0.160. The molecule has 2 aromatic rings. The highest BCUT2D eigenvalue weighted by Gasteiger charge is 2.01. The van der Waals surface area contributed by atoms with E-state index in [9.17, 15) is 0 Å². The number of anilines is 1. The molecule has 0 unspecified atom stereocenters.